The molecule has 0 bridgehead atoms. The van der Waals surface area contributed by atoms with Gasteiger partial charge in [0.15, 0.2) is 0 Å². The molecule has 1 aromatic carbocycles. The molecule has 2 atom stereocenters. The average molecular weight is 310 g/mol. The molecule has 0 spiro atoms. The Morgan fingerprint density at radius 3 is 2.43 bits per heavy atom. The summed E-state index contributed by atoms with van der Waals surface area (Å²) in [4.78, 5) is 23.0. The van der Waals surface area contributed by atoms with E-state index in [0.717, 1.165) is 17.7 Å². The minimum Gasteiger partial charge on any atom is -0.481 e. The van der Waals surface area contributed by atoms with Crippen LogP contribution in [-0.2, 0) is 4.79 Å². The van der Waals surface area contributed by atoms with E-state index in [-0.39, 0.29) is 18.5 Å². The number of carboxylic acids is 1. The first-order chi connectivity index (χ1) is 10.1. The zero-order valence-corrected chi connectivity index (χ0v) is 13.2. The van der Waals surface area contributed by atoms with Crippen LogP contribution in [-0.4, -0.2) is 35.2 Å². The summed E-state index contributed by atoms with van der Waals surface area (Å²) in [5.41, 5.74) is 0.785. The molecule has 0 aliphatic rings. The summed E-state index contributed by atoms with van der Waals surface area (Å²) < 4.78 is 0. The third kappa shape index (κ3) is 6.53. The highest BCUT2D eigenvalue weighted by atomic mass is 32.2. The van der Waals surface area contributed by atoms with Crippen molar-refractivity contribution in [3.63, 3.8) is 0 Å². The molecule has 0 heterocycles. The van der Waals surface area contributed by atoms with E-state index in [4.69, 9.17) is 5.11 Å². The first kappa shape index (κ1) is 17.4. The van der Waals surface area contributed by atoms with E-state index in [1.165, 1.54) is 0 Å². The number of rotatable bonds is 8. The third-order valence-corrected chi connectivity index (χ3v) is 3.82. The summed E-state index contributed by atoms with van der Waals surface area (Å²) in [6.45, 7) is 2.01. The molecule has 0 aromatic heterocycles. The van der Waals surface area contributed by atoms with Crippen LogP contribution in [0, 0.1) is 0 Å². The summed E-state index contributed by atoms with van der Waals surface area (Å²) >= 11 is 1.67. The number of urea groups is 1. The Morgan fingerprint density at radius 2 is 1.90 bits per heavy atom. The Bertz CT molecular complexity index is 453. The maximum Gasteiger partial charge on any atom is 0.315 e. The van der Waals surface area contributed by atoms with Crippen molar-refractivity contribution in [2.45, 2.75) is 31.8 Å². The van der Waals surface area contributed by atoms with Crippen molar-refractivity contribution in [1.82, 2.24) is 10.6 Å². The third-order valence-electron chi connectivity index (χ3n) is 3.08. The van der Waals surface area contributed by atoms with Gasteiger partial charge in [0.05, 0.1) is 12.5 Å². The Labute approximate surface area is 129 Å². The van der Waals surface area contributed by atoms with Crippen LogP contribution in [0.5, 0.6) is 0 Å². The van der Waals surface area contributed by atoms with Gasteiger partial charge in [-0.25, -0.2) is 4.79 Å². The lowest BCUT2D eigenvalue weighted by Crippen LogP contribution is -2.44. The van der Waals surface area contributed by atoms with Gasteiger partial charge >= 0.3 is 12.0 Å². The van der Waals surface area contributed by atoms with Crippen molar-refractivity contribution < 1.29 is 14.7 Å². The molecule has 0 radical (unpaired) electrons. The Morgan fingerprint density at radius 1 is 1.24 bits per heavy atom. The molecule has 3 N–H and O–H groups in total. The van der Waals surface area contributed by atoms with E-state index < -0.39 is 12.0 Å². The molecule has 1 rings (SSSR count). The van der Waals surface area contributed by atoms with E-state index in [1.807, 2.05) is 43.5 Å². The highest BCUT2D eigenvalue weighted by Crippen LogP contribution is 2.16. The number of carbonyl (C=O) groups is 2. The lowest BCUT2D eigenvalue weighted by Gasteiger charge is -2.21. The van der Waals surface area contributed by atoms with E-state index in [2.05, 4.69) is 10.6 Å². The van der Waals surface area contributed by atoms with Gasteiger partial charge in [0.1, 0.15) is 0 Å². The number of nitrogens with one attached hydrogen (secondary N) is 2. The van der Waals surface area contributed by atoms with E-state index >= 15 is 0 Å². The molecule has 0 saturated heterocycles. The SMILES string of the molecule is CCC(CSC)NC(=O)NC(CC(=O)O)c1ccccc1. The van der Waals surface area contributed by atoms with E-state index in [1.54, 1.807) is 11.8 Å². The van der Waals surface area contributed by atoms with Crippen LogP contribution in [0.15, 0.2) is 30.3 Å². The summed E-state index contributed by atoms with van der Waals surface area (Å²) in [5.74, 6) is -0.112. The van der Waals surface area contributed by atoms with Gasteiger partial charge in [-0.15, -0.1) is 0 Å². The molecule has 0 fully saturated rings. The second kappa shape index (κ2) is 9.28. The maximum atomic E-state index is 12.0. The zero-order valence-electron chi connectivity index (χ0n) is 12.3. The highest BCUT2D eigenvalue weighted by molar-refractivity contribution is 7.98. The molecule has 0 aliphatic heterocycles. The topological polar surface area (TPSA) is 78.4 Å². The van der Waals surface area contributed by atoms with Gasteiger partial charge in [-0.3, -0.25) is 4.79 Å². The van der Waals surface area contributed by atoms with Gasteiger partial charge in [-0.1, -0.05) is 37.3 Å². The Balaban J connectivity index is 2.68. The number of aliphatic carboxylic acids is 1. The quantitative estimate of drug-likeness (QED) is 0.690. The van der Waals surface area contributed by atoms with Crippen LogP contribution in [0.25, 0.3) is 0 Å². The van der Waals surface area contributed by atoms with Crippen molar-refractivity contribution in [3.8, 4) is 0 Å². The highest BCUT2D eigenvalue weighted by Gasteiger charge is 2.19. The summed E-state index contributed by atoms with van der Waals surface area (Å²) in [6.07, 6.45) is 2.68. The summed E-state index contributed by atoms with van der Waals surface area (Å²) in [7, 11) is 0. The average Bonchev–Trinajstić information content (AvgIpc) is 2.46. The maximum absolute atomic E-state index is 12.0. The smallest absolute Gasteiger partial charge is 0.315 e. The molecule has 0 saturated carbocycles. The van der Waals surface area contributed by atoms with Crippen molar-refractivity contribution >= 4 is 23.8 Å². The van der Waals surface area contributed by atoms with Gasteiger partial charge in [0, 0.05) is 11.8 Å². The lowest BCUT2D eigenvalue weighted by molar-refractivity contribution is -0.137. The van der Waals surface area contributed by atoms with Crippen LogP contribution in [0.4, 0.5) is 4.79 Å². The normalized spacial score (nSPS) is 13.2. The number of amides is 2. The molecule has 2 amide bonds. The molecular formula is C15H22N2O3S. The van der Waals surface area contributed by atoms with Crippen LogP contribution >= 0.6 is 11.8 Å². The number of carbonyl (C=O) groups excluding carboxylic acids is 1. The molecular weight excluding hydrogens is 288 g/mol. The van der Waals surface area contributed by atoms with Crippen LogP contribution in [0.3, 0.4) is 0 Å². The van der Waals surface area contributed by atoms with Crippen molar-refractivity contribution in [2.75, 3.05) is 12.0 Å². The Kier molecular flexibility index (Phi) is 7.68. The first-order valence-electron chi connectivity index (χ1n) is 6.89. The zero-order chi connectivity index (χ0) is 15.7. The summed E-state index contributed by atoms with van der Waals surface area (Å²) in [5, 5.41) is 14.6. The van der Waals surface area contributed by atoms with Gasteiger partial charge in [-0.2, -0.15) is 11.8 Å². The van der Waals surface area contributed by atoms with Crippen molar-refractivity contribution in [2.24, 2.45) is 0 Å². The standard InChI is InChI=1S/C15H22N2O3S/c1-3-12(10-21-2)16-15(20)17-13(9-14(18)19)11-7-5-4-6-8-11/h4-8,12-13H,3,9-10H2,1-2H3,(H,18,19)(H2,16,17,20). The number of hydrogen-bond donors (Lipinski definition) is 3. The van der Waals surface area contributed by atoms with Gasteiger partial charge in [-0.05, 0) is 18.2 Å². The molecule has 6 heteroatoms. The number of benzene rings is 1. The summed E-state index contributed by atoms with van der Waals surface area (Å²) in [6, 6.07) is 8.36. The molecule has 116 valence electrons. The molecule has 1 aromatic rings. The first-order valence-corrected chi connectivity index (χ1v) is 8.28. The largest absolute Gasteiger partial charge is 0.481 e. The monoisotopic (exact) mass is 310 g/mol. The van der Waals surface area contributed by atoms with Crippen molar-refractivity contribution in [1.29, 1.82) is 0 Å². The molecule has 2 unspecified atom stereocenters. The number of hydrogen-bond acceptors (Lipinski definition) is 3. The van der Waals surface area contributed by atoms with Crippen LogP contribution in [0.2, 0.25) is 0 Å². The molecule has 0 aliphatic carbocycles. The number of thioether (sulfide) groups is 1. The molecule has 5 nitrogen and oxygen atoms in total. The number of carboxylic acid groups (broad SMARTS) is 1. The Hall–Kier alpha value is -1.69. The van der Waals surface area contributed by atoms with Crippen molar-refractivity contribution in [3.05, 3.63) is 35.9 Å². The lowest BCUT2D eigenvalue weighted by atomic mass is 10.0. The minimum absolute atomic E-state index is 0.0845. The van der Waals surface area contributed by atoms with Gasteiger partial charge in [0.25, 0.3) is 0 Å². The van der Waals surface area contributed by atoms with Crippen LogP contribution < -0.4 is 10.6 Å². The van der Waals surface area contributed by atoms with E-state index in [9.17, 15) is 9.59 Å². The van der Waals surface area contributed by atoms with Gasteiger partial charge < -0.3 is 15.7 Å². The van der Waals surface area contributed by atoms with Gasteiger partial charge in [0.2, 0.25) is 0 Å². The predicted octanol–water partition coefficient (Wildman–Crippen LogP) is 2.64. The van der Waals surface area contributed by atoms with E-state index in [0.29, 0.717) is 0 Å². The minimum atomic E-state index is -0.944. The second-order valence-corrected chi connectivity index (χ2v) is 5.65. The molecule has 21 heavy (non-hydrogen) atoms. The fraction of sp³-hybridized carbons (Fsp3) is 0.467. The second-order valence-electron chi connectivity index (χ2n) is 4.74. The van der Waals surface area contributed by atoms with Crippen LogP contribution in [0.1, 0.15) is 31.4 Å². The fourth-order valence-corrected chi connectivity index (χ4v) is 2.68. The predicted molar refractivity (Wildman–Crippen MR) is 85.6 cm³/mol. The fourth-order valence-electron chi connectivity index (χ4n) is 1.96.